The summed E-state index contributed by atoms with van der Waals surface area (Å²) in [4.78, 5) is 9.02. The first-order chi connectivity index (χ1) is 14.8. The standard InChI is InChI=1S/C27H40N2O/c1-3-5-6-7-8-10-22-11-13-23(14-12-22)21-30-26-17-15-25(16-18-26)27-28-19-24(9-4-2)20-29-27/h15-20,22-23H,3-14,21H2,1-2H3. The number of aryl methyl sites for hydroxylation is 1. The van der Waals surface area contributed by atoms with Crippen molar-refractivity contribution in [2.24, 2.45) is 11.8 Å². The highest BCUT2D eigenvalue weighted by Gasteiger charge is 2.21. The van der Waals surface area contributed by atoms with E-state index in [1.807, 2.05) is 12.4 Å². The van der Waals surface area contributed by atoms with Crippen LogP contribution in [0.3, 0.4) is 0 Å². The van der Waals surface area contributed by atoms with Crippen molar-refractivity contribution in [1.82, 2.24) is 9.97 Å². The van der Waals surface area contributed by atoms with Gasteiger partial charge in [-0.1, -0.05) is 71.6 Å². The summed E-state index contributed by atoms with van der Waals surface area (Å²) in [6, 6.07) is 8.25. The molecule has 0 amide bonds. The molecule has 1 aromatic carbocycles. The molecule has 1 aromatic heterocycles. The molecule has 0 aliphatic heterocycles. The first-order valence-corrected chi connectivity index (χ1v) is 12.3. The molecule has 0 unspecified atom stereocenters. The Morgan fingerprint density at radius 1 is 0.800 bits per heavy atom. The van der Waals surface area contributed by atoms with Gasteiger partial charge in [-0.25, -0.2) is 9.97 Å². The average molecular weight is 409 g/mol. The van der Waals surface area contributed by atoms with Crippen molar-refractivity contribution in [3.8, 4) is 17.1 Å². The summed E-state index contributed by atoms with van der Waals surface area (Å²) in [5, 5.41) is 0. The number of benzene rings is 1. The zero-order chi connectivity index (χ0) is 21.0. The van der Waals surface area contributed by atoms with Crippen LogP contribution in [-0.2, 0) is 6.42 Å². The number of unbranched alkanes of at least 4 members (excludes halogenated alkanes) is 4. The van der Waals surface area contributed by atoms with Gasteiger partial charge in [-0.2, -0.15) is 0 Å². The molecular formula is C27H40N2O. The largest absolute Gasteiger partial charge is 0.493 e. The van der Waals surface area contributed by atoms with Crippen molar-refractivity contribution in [3.63, 3.8) is 0 Å². The highest BCUT2D eigenvalue weighted by Crippen LogP contribution is 2.32. The van der Waals surface area contributed by atoms with Gasteiger partial charge in [0.1, 0.15) is 5.75 Å². The number of hydrogen-bond acceptors (Lipinski definition) is 3. The van der Waals surface area contributed by atoms with Crippen molar-refractivity contribution in [2.75, 3.05) is 6.61 Å². The van der Waals surface area contributed by atoms with E-state index in [1.165, 1.54) is 69.8 Å². The highest BCUT2D eigenvalue weighted by molar-refractivity contribution is 5.55. The monoisotopic (exact) mass is 408 g/mol. The molecule has 3 rings (SSSR count). The Morgan fingerprint density at radius 3 is 2.13 bits per heavy atom. The number of aromatic nitrogens is 2. The Kier molecular flexibility index (Phi) is 9.66. The Labute approximate surface area is 183 Å². The van der Waals surface area contributed by atoms with Gasteiger partial charge in [0.2, 0.25) is 0 Å². The van der Waals surface area contributed by atoms with E-state index in [0.717, 1.165) is 48.4 Å². The van der Waals surface area contributed by atoms with Crippen LogP contribution in [0.1, 0.15) is 90.0 Å². The zero-order valence-corrected chi connectivity index (χ0v) is 19.1. The number of hydrogen-bond donors (Lipinski definition) is 0. The predicted octanol–water partition coefficient (Wildman–Crippen LogP) is 7.64. The number of ether oxygens (including phenoxy) is 1. The minimum absolute atomic E-state index is 0.718. The van der Waals surface area contributed by atoms with Crippen molar-refractivity contribution in [2.45, 2.75) is 90.9 Å². The molecule has 1 saturated carbocycles. The molecule has 164 valence electrons. The normalized spacial score (nSPS) is 19.0. The van der Waals surface area contributed by atoms with Gasteiger partial charge in [0.15, 0.2) is 5.82 Å². The van der Waals surface area contributed by atoms with Crippen molar-refractivity contribution >= 4 is 0 Å². The van der Waals surface area contributed by atoms with Gasteiger partial charge in [0.05, 0.1) is 6.61 Å². The molecule has 0 spiro atoms. The minimum Gasteiger partial charge on any atom is -0.493 e. The van der Waals surface area contributed by atoms with Gasteiger partial charge in [0, 0.05) is 18.0 Å². The van der Waals surface area contributed by atoms with Crippen molar-refractivity contribution < 1.29 is 4.74 Å². The molecule has 0 atom stereocenters. The third kappa shape index (κ3) is 7.41. The van der Waals surface area contributed by atoms with Gasteiger partial charge in [-0.05, 0) is 60.9 Å². The molecule has 1 aliphatic rings. The van der Waals surface area contributed by atoms with Crippen LogP contribution in [0.2, 0.25) is 0 Å². The van der Waals surface area contributed by atoms with Gasteiger partial charge in [0.25, 0.3) is 0 Å². The Morgan fingerprint density at radius 2 is 1.47 bits per heavy atom. The second-order valence-electron chi connectivity index (χ2n) is 9.09. The number of rotatable bonds is 12. The fourth-order valence-corrected chi connectivity index (χ4v) is 4.56. The Bertz CT molecular complexity index is 703. The fraction of sp³-hybridized carbons (Fsp3) is 0.630. The SMILES string of the molecule is CCCCCCCC1CCC(COc2ccc(-c3ncc(CCC)cn3)cc2)CC1. The third-order valence-corrected chi connectivity index (χ3v) is 6.52. The summed E-state index contributed by atoms with van der Waals surface area (Å²) in [5.41, 5.74) is 2.25. The van der Waals surface area contributed by atoms with Crippen LogP contribution in [-0.4, -0.2) is 16.6 Å². The van der Waals surface area contributed by atoms with E-state index in [2.05, 4.69) is 48.1 Å². The number of nitrogens with zero attached hydrogens (tertiary/aromatic N) is 2. The highest BCUT2D eigenvalue weighted by atomic mass is 16.5. The van der Waals surface area contributed by atoms with Crippen LogP contribution in [0.25, 0.3) is 11.4 Å². The molecule has 30 heavy (non-hydrogen) atoms. The van der Waals surface area contributed by atoms with Crippen LogP contribution in [0, 0.1) is 11.8 Å². The first-order valence-electron chi connectivity index (χ1n) is 12.3. The van der Waals surface area contributed by atoms with Crippen LogP contribution < -0.4 is 4.74 Å². The maximum absolute atomic E-state index is 6.11. The summed E-state index contributed by atoms with van der Waals surface area (Å²) in [6.45, 7) is 5.32. The van der Waals surface area contributed by atoms with Gasteiger partial charge in [-0.15, -0.1) is 0 Å². The van der Waals surface area contributed by atoms with Gasteiger partial charge >= 0.3 is 0 Å². The minimum atomic E-state index is 0.718. The lowest BCUT2D eigenvalue weighted by Crippen LogP contribution is -2.20. The molecule has 0 radical (unpaired) electrons. The summed E-state index contributed by atoms with van der Waals surface area (Å²) < 4.78 is 6.11. The van der Waals surface area contributed by atoms with Crippen molar-refractivity contribution in [1.29, 1.82) is 0 Å². The quantitative estimate of drug-likeness (QED) is 0.338. The van der Waals surface area contributed by atoms with Gasteiger partial charge < -0.3 is 4.74 Å². The molecule has 0 bridgehead atoms. The molecule has 3 heteroatoms. The molecule has 1 fully saturated rings. The smallest absolute Gasteiger partial charge is 0.159 e. The molecule has 0 N–H and O–H groups in total. The first kappa shape index (κ1) is 22.8. The molecule has 0 saturated heterocycles. The lowest BCUT2D eigenvalue weighted by Gasteiger charge is -2.28. The lowest BCUT2D eigenvalue weighted by molar-refractivity contribution is 0.177. The molecule has 1 aliphatic carbocycles. The van der Waals surface area contributed by atoms with Crippen LogP contribution >= 0.6 is 0 Å². The maximum Gasteiger partial charge on any atom is 0.159 e. The fourth-order valence-electron chi connectivity index (χ4n) is 4.56. The van der Waals surface area contributed by atoms with E-state index in [9.17, 15) is 0 Å². The lowest BCUT2D eigenvalue weighted by atomic mass is 9.80. The summed E-state index contributed by atoms with van der Waals surface area (Å²) >= 11 is 0. The predicted molar refractivity (Wildman–Crippen MR) is 126 cm³/mol. The Hall–Kier alpha value is -1.90. The van der Waals surface area contributed by atoms with Crippen LogP contribution in [0.15, 0.2) is 36.7 Å². The van der Waals surface area contributed by atoms with E-state index >= 15 is 0 Å². The second kappa shape index (κ2) is 12.7. The van der Waals surface area contributed by atoms with Crippen molar-refractivity contribution in [3.05, 3.63) is 42.2 Å². The zero-order valence-electron chi connectivity index (χ0n) is 19.1. The molecule has 2 aromatic rings. The third-order valence-electron chi connectivity index (χ3n) is 6.52. The van der Waals surface area contributed by atoms with Crippen LogP contribution in [0.5, 0.6) is 5.75 Å². The Balaban J connectivity index is 1.36. The second-order valence-corrected chi connectivity index (χ2v) is 9.09. The average Bonchev–Trinajstić information content (AvgIpc) is 2.79. The topological polar surface area (TPSA) is 35.0 Å². The summed E-state index contributed by atoms with van der Waals surface area (Å²) in [7, 11) is 0. The molecule has 3 nitrogen and oxygen atoms in total. The van der Waals surface area contributed by atoms with E-state index in [-0.39, 0.29) is 0 Å². The molecular weight excluding hydrogens is 368 g/mol. The van der Waals surface area contributed by atoms with E-state index < -0.39 is 0 Å². The van der Waals surface area contributed by atoms with E-state index in [4.69, 9.17) is 4.74 Å². The maximum atomic E-state index is 6.11. The van der Waals surface area contributed by atoms with E-state index in [1.54, 1.807) is 0 Å². The molecule has 1 heterocycles. The van der Waals surface area contributed by atoms with Gasteiger partial charge in [-0.3, -0.25) is 0 Å². The van der Waals surface area contributed by atoms with Crippen LogP contribution in [0.4, 0.5) is 0 Å². The summed E-state index contributed by atoms with van der Waals surface area (Å²) in [5.74, 6) is 3.43. The summed E-state index contributed by atoms with van der Waals surface area (Å²) in [6.07, 6.45) is 20.0. The van der Waals surface area contributed by atoms with E-state index in [0.29, 0.717) is 0 Å².